The van der Waals surface area contributed by atoms with Crippen molar-refractivity contribution in [3.63, 3.8) is 0 Å². The van der Waals surface area contributed by atoms with Crippen LogP contribution in [0, 0.1) is 11.6 Å². The lowest BCUT2D eigenvalue weighted by molar-refractivity contribution is 0.193. The molecule has 162 valence electrons. The molecule has 0 aliphatic carbocycles. The lowest BCUT2D eigenvalue weighted by Crippen LogP contribution is -2.43. The van der Waals surface area contributed by atoms with Gasteiger partial charge in [-0.15, -0.1) is 0 Å². The maximum Gasteiger partial charge on any atom is 0.322 e. The fourth-order valence-corrected chi connectivity index (χ4v) is 4.35. The molecule has 0 saturated carbocycles. The summed E-state index contributed by atoms with van der Waals surface area (Å²) >= 11 is 0. The molecule has 2 N–H and O–H groups in total. The summed E-state index contributed by atoms with van der Waals surface area (Å²) in [6.45, 7) is 0.416. The summed E-state index contributed by atoms with van der Waals surface area (Å²) in [7, 11) is 1.62. The Morgan fingerprint density at radius 2 is 1.88 bits per heavy atom. The first-order valence-electron chi connectivity index (χ1n) is 10.3. The van der Waals surface area contributed by atoms with Crippen LogP contribution in [-0.4, -0.2) is 29.6 Å². The number of carbonyl (C=O) groups excluding carboxylic acids is 1. The molecule has 0 bridgehead atoms. The van der Waals surface area contributed by atoms with Crippen LogP contribution in [0.5, 0.6) is 5.75 Å². The Morgan fingerprint density at radius 1 is 1.09 bits per heavy atom. The van der Waals surface area contributed by atoms with Crippen LogP contribution in [0.25, 0.3) is 10.9 Å². The molecule has 1 aliphatic rings. The predicted molar refractivity (Wildman–Crippen MR) is 119 cm³/mol. The first-order chi connectivity index (χ1) is 15.5. The van der Waals surface area contributed by atoms with Crippen LogP contribution < -0.4 is 10.1 Å². The van der Waals surface area contributed by atoms with Gasteiger partial charge in [0.25, 0.3) is 0 Å². The summed E-state index contributed by atoms with van der Waals surface area (Å²) in [5.41, 5.74) is 3.74. The second-order valence-corrected chi connectivity index (χ2v) is 7.74. The summed E-state index contributed by atoms with van der Waals surface area (Å²) in [6, 6.07) is 17.0. The van der Waals surface area contributed by atoms with Crippen molar-refractivity contribution >= 4 is 22.6 Å². The number of nitrogens with one attached hydrogen (secondary N) is 2. The molecule has 4 aromatic rings. The van der Waals surface area contributed by atoms with Crippen LogP contribution >= 0.6 is 0 Å². The smallest absolute Gasteiger partial charge is 0.322 e. The Bertz CT molecular complexity index is 1300. The number of halogens is 2. The average molecular weight is 433 g/mol. The Hall–Kier alpha value is -3.87. The molecule has 2 amide bonds. The number of fused-ring (bicyclic) bond motifs is 3. The third-order valence-electron chi connectivity index (χ3n) is 5.90. The van der Waals surface area contributed by atoms with Gasteiger partial charge < -0.3 is 19.9 Å². The quantitative estimate of drug-likeness (QED) is 0.440. The number of anilines is 1. The van der Waals surface area contributed by atoms with Crippen molar-refractivity contribution in [2.45, 2.75) is 12.5 Å². The number of carbonyl (C=O) groups is 1. The molecule has 5 nitrogen and oxygen atoms in total. The third-order valence-corrected chi connectivity index (χ3v) is 5.90. The summed E-state index contributed by atoms with van der Waals surface area (Å²) in [5.74, 6) is -0.111. The van der Waals surface area contributed by atoms with E-state index in [1.807, 2.05) is 18.2 Å². The maximum absolute atomic E-state index is 14.1. The van der Waals surface area contributed by atoms with Gasteiger partial charge >= 0.3 is 6.03 Å². The average Bonchev–Trinajstić information content (AvgIpc) is 3.18. The molecule has 5 rings (SSSR count). The number of H-pyrrole nitrogens is 1. The van der Waals surface area contributed by atoms with Crippen molar-refractivity contribution in [2.75, 3.05) is 19.0 Å². The number of aromatic amines is 1. The van der Waals surface area contributed by atoms with E-state index in [1.54, 1.807) is 36.3 Å². The van der Waals surface area contributed by atoms with Crippen molar-refractivity contribution in [1.82, 2.24) is 9.88 Å². The highest BCUT2D eigenvalue weighted by atomic mass is 19.1. The summed E-state index contributed by atoms with van der Waals surface area (Å²) in [6.07, 6.45) is 0.616. The molecule has 7 heteroatoms. The number of rotatable bonds is 3. The van der Waals surface area contributed by atoms with E-state index in [-0.39, 0.29) is 11.5 Å². The summed E-state index contributed by atoms with van der Waals surface area (Å²) in [5, 5.41) is 3.71. The number of amides is 2. The topological polar surface area (TPSA) is 57.4 Å². The number of urea groups is 1. The summed E-state index contributed by atoms with van der Waals surface area (Å²) < 4.78 is 33.1. The van der Waals surface area contributed by atoms with Gasteiger partial charge in [0.1, 0.15) is 17.4 Å². The first-order valence-corrected chi connectivity index (χ1v) is 10.3. The SMILES string of the molecule is COc1ccc2[nH]c3c(c2c1)CCN(C(=O)Nc1ccccc1F)C3c1ccc(F)cc1. The molecule has 1 unspecified atom stereocenters. The van der Waals surface area contributed by atoms with Gasteiger partial charge in [-0.25, -0.2) is 13.6 Å². The van der Waals surface area contributed by atoms with Gasteiger partial charge in [-0.05, 0) is 60.0 Å². The van der Waals surface area contributed by atoms with Gasteiger partial charge in [0.15, 0.2) is 0 Å². The van der Waals surface area contributed by atoms with Gasteiger partial charge in [0, 0.05) is 23.1 Å². The van der Waals surface area contributed by atoms with E-state index in [1.165, 1.54) is 24.3 Å². The van der Waals surface area contributed by atoms with E-state index in [0.29, 0.717) is 13.0 Å². The Labute approximate surface area is 183 Å². The van der Waals surface area contributed by atoms with Crippen LogP contribution in [0.3, 0.4) is 0 Å². The number of benzene rings is 3. The van der Waals surface area contributed by atoms with Gasteiger partial charge in [-0.1, -0.05) is 24.3 Å². The molecular weight excluding hydrogens is 412 g/mol. The number of hydrogen-bond acceptors (Lipinski definition) is 2. The second kappa shape index (κ2) is 8.00. The van der Waals surface area contributed by atoms with Crippen molar-refractivity contribution in [3.8, 4) is 5.75 Å². The Balaban J connectivity index is 1.59. The van der Waals surface area contributed by atoms with E-state index >= 15 is 0 Å². The normalized spacial score (nSPS) is 15.5. The van der Waals surface area contributed by atoms with E-state index in [9.17, 15) is 13.6 Å². The number of aromatic nitrogens is 1. The zero-order chi connectivity index (χ0) is 22.2. The van der Waals surface area contributed by atoms with E-state index < -0.39 is 17.9 Å². The predicted octanol–water partition coefficient (Wildman–Crippen LogP) is 5.63. The van der Waals surface area contributed by atoms with Crippen LogP contribution in [0.4, 0.5) is 19.3 Å². The van der Waals surface area contributed by atoms with E-state index in [0.717, 1.165) is 33.5 Å². The van der Waals surface area contributed by atoms with E-state index in [2.05, 4.69) is 10.3 Å². The van der Waals surface area contributed by atoms with Gasteiger partial charge in [-0.2, -0.15) is 0 Å². The minimum absolute atomic E-state index is 0.113. The summed E-state index contributed by atoms with van der Waals surface area (Å²) in [4.78, 5) is 18.3. The maximum atomic E-state index is 14.1. The molecule has 3 aromatic carbocycles. The van der Waals surface area contributed by atoms with Gasteiger partial charge in [0.2, 0.25) is 0 Å². The molecule has 0 spiro atoms. The molecule has 1 aliphatic heterocycles. The molecule has 0 radical (unpaired) electrons. The molecule has 1 aromatic heterocycles. The second-order valence-electron chi connectivity index (χ2n) is 7.74. The van der Waals surface area contributed by atoms with Crippen molar-refractivity contribution in [1.29, 1.82) is 0 Å². The van der Waals surface area contributed by atoms with Crippen molar-refractivity contribution in [2.24, 2.45) is 0 Å². The first kappa shape index (κ1) is 20.1. The van der Waals surface area contributed by atoms with E-state index in [4.69, 9.17) is 4.74 Å². The highest BCUT2D eigenvalue weighted by Gasteiger charge is 2.35. The monoisotopic (exact) mass is 433 g/mol. The zero-order valence-electron chi connectivity index (χ0n) is 17.4. The van der Waals surface area contributed by atoms with Crippen LogP contribution in [0.15, 0.2) is 66.7 Å². The molecule has 0 saturated heterocycles. The number of methoxy groups -OCH3 is 1. The van der Waals surface area contributed by atoms with Crippen LogP contribution in [0.1, 0.15) is 22.9 Å². The lowest BCUT2D eigenvalue weighted by atomic mass is 9.92. The molecule has 1 atom stereocenters. The minimum atomic E-state index is -0.505. The third kappa shape index (κ3) is 3.45. The fourth-order valence-electron chi connectivity index (χ4n) is 4.35. The standard InChI is InChI=1S/C25H21F2N3O2/c1-32-17-10-11-21-19(14-17)18-12-13-30(25(31)29-22-5-3-2-4-20(22)27)24(23(18)28-21)15-6-8-16(26)9-7-15/h2-11,14,24,28H,12-13H2,1H3,(H,29,31). The number of para-hydroxylation sites is 1. The lowest BCUT2D eigenvalue weighted by Gasteiger charge is -2.36. The largest absolute Gasteiger partial charge is 0.497 e. The molecular formula is C25H21F2N3O2. The fraction of sp³-hybridized carbons (Fsp3) is 0.160. The number of hydrogen-bond donors (Lipinski definition) is 2. The van der Waals surface area contributed by atoms with Crippen LogP contribution in [-0.2, 0) is 6.42 Å². The minimum Gasteiger partial charge on any atom is -0.497 e. The van der Waals surface area contributed by atoms with Crippen LogP contribution in [0.2, 0.25) is 0 Å². The Morgan fingerprint density at radius 3 is 2.62 bits per heavy atom. The van der Waals surface area contributed by atoms with Crippen molar-refractivity contribution in [3.05, 3.63) is 95.2 Å². The number of ether oxygens (including phenoxy) is 1. The molecule has 32 heavy (non-hydrogen) atoms. The highest BCUT2D eigenvalue weighted by Crippen LogP contribution is 2.39. The number of nitrogens with zero attached hydrogens (tertiary/aromatic N) is 1. The Kier molecular flexibility index (Phi) is 5.01. The molecule has 0 fully saturated rings. The van der Waals surface area contributed by atoms with Gasteiger partial charge in [-0.3, -0.25) is 0 Å². The van der Waals surface area contributed by atoms with Crippen molar-refractivity contribution < 1.29 is 18.3 Å². The van der Waals surface area contributed by atoms with Gasteiger partial charge in [0.05, 0.1) is 18.8 Å². The zero-order valence-corrected chi connectivity index (χ0v) is 17.4. The molecule has 2 heterocycles. The highest BCUT2D eigenvalue weighted by molar-refractivity contribution is 5.92.